The maximum Gasteiger partial charge on any atom is 0.170 e. The van der Waals surface area contributed by atoms with Gasteiger partial charge in [0.15, 0.2) is 5.84 Å². The van der Waals surface area contributed by atoms with E-state index in [2.05, 4.69) is 10.3 Å². The maximum atomic E-state index is 8.71. The first kappa shape index (κ1) is 12.9. The zero-order valence-electron chi connectivity index (χ0n) is 10.9. The normalized spacial score (nSPS) is 11.6. The van der Waals surface area contributed by atoms with Crippen LogP contribution in [0.15, 0.2) is 35.7 Å². The first-order valence-corrected chi connectivity index (χ1v) is 5.78. The van der Waals surface area contributed by atoms with Gasteiger partial charge in [0.05, 0.1) is 19.9 Å². The second-order valence-corrected chi connectivity index (χ2v) is 4.23. The van der Waals surface area contributed by atoms with Crippen molar-refractivity contribution in [2.45, 2.75) is 13.5 Å². The lowest BCUT2D eigenvalue weighted by molar-refractivity contribution is 0.318. The molecule has 0 aliphatic rings. The van der Waals surface area contributed by atoms with Gasteiger partial charge in [-0.15, -0.1) is 0 Å². The number of rotatable bonds is 4. The highest BCUT2D eigenvalue weighted by Crippen LogP contribution is 2.21. The Kier molecular flexibility index (Phi) is 3.70. The molecule has 0 spiro atoms. The van der Waals surface area contributed by atoms with Crippen LogP contribution in [0.25, 0.3) is 0 Å². The van der Waals surface area contributed by atoms with Gasteiger partial charge in [-0.3, -0.25) is 4.68 Å². The Labute approximate surface area is 111 Å². The molecule has 0 saturated heterocycles. The van der Waals surface area contributed by atoms with Gasteiger partial charge >= 0.3 is 0 Å². The minimum absolute atomic E-state index is 0.0700. The topological polar surface area (TPSA) is 85.7 Å². The van der Waals surface area contributed by atoms with E-state index in [0.29, 0.717) is 12.1 Å². The molecule has 6 nitrogen and oxygen atoms in total. The van der Waals surface area contributed by atoms with E-state index >= 15 is 0 Å². The number of nitrogens with zero attached hydrogens (tertiary/aromatic N) is 3. The molecule has 3 N–H and O–H groups in total. The quantitative estimate of drug-likeness (QED) is 0.376. The average Bonchev–Trinajstić information content (AvgIpc) is 2.83. The summed E-state index contributed by atoms with van der Waals surface area (Å²) in [5.74, 6) is 0.809. The molecule has 2 aromatic rings. The Morgan fingerprint density at radius 3 is 2.89 bits per heavy atom. The van der Waals surface area contributed by atoms with E-state index in [-0.39, 0.29) is 5.84 Å². The fourth-order valence-electron chi connectivity index (χ4n) is 1.85. The number of nitrogens with two attached hydrogens (primary N) is 1. The molecule has 6 heteroatoms. The van der Waals surface area contributed by atoms with Crippen LogP contribution in [0.1, 0.15) is 16.7 Å². The Balaban J connectivity index is 2.36. The summed E-state index contributed by atoms with van der Waals surface area (Å²) in [6, 6.07) is 5.36. The van der Waals surface area contributed by atoms with Crippen molar-refractivity contribution in [1.29, 1.82) is 0 Å². The minimum Gasteiger partial charge on any atom is -0.496 e. The van der Waals surface area contributed by atoms with Crippen molar-refractivity contribution in [2.24, 2.45) is 10.9 Å². The molecule has 0 aliphatic carbocycles. The molecular formula is C13H16N4O2. The summed E-state index contributed by atoms with van der Waals surface area (Å²) in [7, 11) is 1.61. The molecule has 1 aromatic heterocycles. The van der Waals surface area contributed by atoms with Crippen LogP contribution in [0.4, 0.5) is 0 Å². The zero-order chi connectivity index (χ0) is 13.8. The Morgan fingerprint density at radius 1 is 1.53 bits per heavy atom. The van der Waals surface area contributed by atoms with Crippen molar-refractivity contribution in [2.75, 3.05) is 7.11 Å². The highest BCUT2D eigenvalue weighted by molar-refractivity contribution is 5.97. The summed E-state index contributed by atoms with van der Waals surface area (Å²) in [5.41, 5.74) is 8.23. The third-order valence-corrected chi connectivity index (χ3v) is 2.78. The number of oxime groups is 1. The molecule has 19 heavy (non-hydrogen) atoms. The van der Waals surface area contributed by atoms with E-state index in [1.807, 2.05) is 23.9 Å². The fraction of sp³-hybridized carbons (Fsp3) is 0.231. The van der Waals surface area contributed by atoms with Crippen LogP contribution < -0.4 is 10.5 Å². The average molecular weight is 260 g/mol. The number of hydrogen-bond acceptors (Lipinski definition) is 4. The predicted octanol–water partition coefficient (Wildman–Crippen LogP) is 1.34. The van der Waals surface area contributed by atoms with Gasteiger partial charge in [-0.2, -0.15) is 5.10 Å². The van der Waals surface area contributed by atoms with E-state index in [4.69, 9.17) is 15.7 Å². The van der Waals surface area contributed by atoms with Crippen molar-refractivity contribution < 1.29 is 9.94 Å². The molecular weight excluding hydrogens is 244 g/mol. The smallest absolute Gasteiger partial charge is 0.170 e. The van der Waals surface area contributed by atoms with Gasteiger partial charge in [0.1, 0.15) is 5.75 Å². The van der Waals surface area contributed by atoms with Gasteiger partial charge in [0, 0.05) is 17.3 Å². The van der Waals surface area contributed by atoms with Gasteiger partial charge in [-0.05, 0) is 30.7 Å². The molecule has 2 rings (SSSR count). The number of ether oxygens (including phenoxy) is 1. The van der Waals surface area contributed by atoms with Crippen molar-refractivity contribution in [1.82, 2.24) is 9.78 Å². The third kappa shape index (κ3) is 2.85. The van der Waals surface area contributed by atoms with Crippen molar-refractivity contribution in [3.8, 4) is 5.75 Å². The molecule has 0 aliphatic heterocycles. The summed E-state index contributed by atoms with van der Waals surface area (Å²) in [6.45, 7) is 2.54. The van der Waals surface area contributed by atoms with Crippen LogP contribution in [0.2, 0.25) is 0 Å². The predicted molar refractivity (Wildman–Crippen MR) is 71.6 cm³/mol. The lowest BCUT2D eigenvalue weighted by Crippen LogP contribution is -2.14. The molecule has 0 fully saturated rings. The van der Waals surface area contributed by atoms with Gasteiger partial charge in [-0.1, -0.05) is 5.16 Å². The number of aromatic nitrogens is 2. The number of amidine groups is 1. The van der Waals surface area contributed by atoms with Gasteiger partial charge < -0.3 is 15.7 Å². The van der Waals surface area contributed by atoms with Gasteiger partial charge in [-0.25, -0.2) is 0 Å². The molecule has 100 valence electrons. The zero-order valence-corrected chi connectivity index (χ0v) is 10.9. The number of aryl methyl sites for hydroxylation is 1. The van der Waals surface area contributed by atoms with E-state index in [9.17, 15) is 0 Å². The number of benzene rings is 1. The van der Waals surface area contributed by atoms with Crippen molar-refractivity contribution >= 4 is 5.84 Å². The molecule has 1 aromatic carbocycles. The van der Waals surface area contributed by atoms with Gasteiger partial charge in [0.2, 0.25) is 0 Å². The van der Waals surface area contributed by atoms with E-state index in [0.717, 1.165) is 16.9 Å². The van der Waals surface area contributed by atoms with E-state index in [1.165, 1.54) is 0 Å². The van der Waals surface area contributed by atoms with Crippen LogP contribution in [-0.2, 0) is 6.54 Å². The molecule has 0 atom stereocenters. The molecule has 0 bridgehead atoms. The summed E-state index contributed by atoms with van der Waals surface area (Å²) < 4.78 is 7.12. The minimum atomic E-state index is 0.0700. The third-order valence-electron chi connectivity index (χ3n) is 2.78. The molecule has 0 amide bonds. The highest BCUT2D eigenvalue weighted by Gasteiger charge is 2.08. The number of methoxy groups -OCH3 is 1. The summed E-state index contributed by atoms with van der Waals surface area (Å²) in [4.78, 5) is 0. The Bertz CT molecular complexity index is 604. The number of hydrogen-bond donors (Lipinski definition) is 2. The summed E-state index contributed by atoms with van der Waals surface area (Å²) in [5, 5.41) is 15.9. The lowest BCUT2D eigenvalue weighted by atomic mass is 10.1. The largest absolute Gasteiger partial charge is 0.496 e. The second kappa shape index (κ2) is 5.43. The summed E-state index contributed by atoms with van der Waals surface area (Å²) >= 11 is 0. The molecule has 0 radical (unpaired) electrons. The fourth-order valence-corrected chi connectivity index (χ4v) is 1.85. The molecule has 0 saturated carbocycles. The summed E-state index contributed by atoms with van der Waals surface area (Å²) in [6.07, 6.45) is 3.73. The molecule has 0 unspecified atom stereocenters. The van der Waals surface area contributed by atoms with Crippen molar-refractivity contribution in [3.63, 3.8) is 0 Å². The van der Waals surface area contributed by atoms with Gasteiger partial charge in [0.25, 0.3) is 0 Å². The first-order chi connectivity index (χ1) is 9.13. The Hall–Kier alpha value is -2.50. The first-order valence-electron chi connectivity index (χ1n) is 5.78. The lowest BCUT2D eigenvalue weighted by Gasteiger charge is -2.10. The molecule has 1 heterocycles. The van der Waals surface area contributed by atoms with Crippen molar-refractivity contribution in [3.05, 3.63) is 47.3 Å². The van der Waals surface area contributed by atoms with Crippen LogP contribution in [-0.4, -0.2) is 27.9 Å². The van der Waals surface area contributed by atoms with E-state index in [1.54, 1.807) is 25.4 Å². The van der Waals surface area contributed by atoms with Crippen LogP contribution in [0.3, 0.4) is 0 Å². The highest BCUT2D eigenvalue weighted by atomic mass is 16.5. The van der Waals surface area contributed by atoms with E-state index < -0.39 is 0 Å². The Morgan fingerprint density at radius 2 is 2.32 bits per heavy atom. The van der Waals surface area contributed by atoms with Crippen LogP contribution in [0, 0.1) is 6.92 Å². The van der Waals surface area contributed by atoms with Crippen LogP contribution in [0.5, 0.6) is 5.75 Å². The monoisotopic (exact) mass is 260 g/mol. The SMILES string of the molecule is COc1ccc(/C(N)=N/O)cc1Cn1cc(C)cn1. The standard InChI is InChI=1S/C13H16N4O2/c1-9-6-15-17(7-9)8-11-5-10(13(14)16-18)3-4-12(11)19-2/h3-7,18H,8H2,1-2H3,(H2,14,16). The van der Waals surface area contributed by atoms with Crippen LogP contribution >= 0.6 is 0 Å². The maximum absolute atomic E-state index is 8.71. The second-order valence-electron chi connectivity index (χ2n) is 4.23.